The Balaban J connectivity index is 1.52. The molecule has 3 atom stereocenters. The summed E-state index contributed by atoms with van der Waals surface area (Å²) in [4.78, 5) is 24.0. The maximum atomic E-state index is 12.2. The van der Waals surface area contributed by atoms with E-state index in [1.54, 1.807) is 37.1 Å². The summed E-state index contributed by atoms with van der Waals surface area (Å²) in [6.45, 7) is -0.0271. The number of nitrogens with one attached hydrogen (secondary N) is 1. The van der Waals surface area contributed by atoms with Gasteiger partial charge in [0.1, 0.15) is 5.75 Å². The Bertz CT molecular complexity index is 1230. The molecule has 9 heteroatoms. The van der Waals surface area contributed by atoms with Gasteiger partial charge in [0.05, 0.1) is 32.3 Å². The van der Waals surface area contributed by atoms with E-state index in [1.165, 1.54) is 0 Å². The van der Waals surface area contributed by atoms with Crippen molar-refractivity contribution in [3.05, 3.63) is 89.5 Å². The highest BCUT2D eigenvalue weighted by molar-refractivity contribution is 7.99. The van der Waals surface area contributed by atoms with Gasteiger partial charge in [-0.1, -0.05) is 48.5 Å². The molecule has 3 N–H and O–H groups in total. The van der Waals surface area contributed by atoms with Gasteiger partial charge in [-0.25, -0.2) is 0 Å². The molecule has 0 radical (unpaired) electrons. The van der Waals surface area contributed by atoms with Gasteiger partial charge in [0.2, 0.25) is 5.91 Å². The van der Waals surface area contributed by atoms with Crippen molar-refractivity contribution in [1.82, 2.24) is 0 Å². The summed E-state index contributed by atoms with van der Waals surface area (Å²) >= 11 is 1.65. The SMILES string of the molecule is COc1ccccc1SC[C@@H]1C[C@H](c2ccc(CO)cc2)O[C@H](c2cccc(NC(=O)CCC(=O)O)c2)O1. The van der Waals surface area contributed by atoms with Gasteiger partial charge in [-0.05, 0) is 35.4 Å². The number of amides is 1. The topological polar surface area (TPSA) is 114 Å². The van der Waals surface area contributed by atoms with Crippen LogP contribution in [0.2, 0.25) is 0 Å². The van der Waals surface area contributed by atoms with E-state index in [0.29, 0.717) is 17.9 Å². The number of rotatable bonds is 11. The molecular weight excluding hydrogens is 506 g/mol. The molecule has 8 nitrogen and oxygen atoms in total. The van der Waals surface area contributed by atoms with E-state index >= 15 is 0 Å². The minimum atomic E-state index is -1.02. The molecule has 1 amide bonds. The van der Waals surface area contributed by atoms with E-state index < -0.39 is 12.3 Å². The fraction of sp³-hybridized carbons (Fsp3) is 0.310. The lowest BCUT2D eigenvalue weighted by atomic mass is 10.0. The van der Waals surface area contributed by atoms with Crippen LogP contribution in [0.15, 0.2) is 77.7 Å². The highest BCUT2D eigenvalue weighted by Gasteiger charge is 2.32. The van der Waals surface area contributed by atoms with Gasteiger partial charge in [-0.2, -0.15) is 0 Å². The maximum Gasteiger partial charge on any atom is 0.303 e. The Morgan fingerprint density at radius 2 is 1.79 bits per heavy atom. The lowest BCUT2D eigenvalue weighted by Gasteiger charge is -2.36. The van der Waals surface area contributed by atoms with Crippen LogP contribution >= 0.6 is 11.8 Å². The first-order valence-electron chi connectivity index (χ1n) is 12.3. The molecule has 1 heterocycles. The number of aliphatic hydroxyl groups is 1. The summed E-state index contributed by atoms with van der Waals surface area (Å²) in [5, 5.41) is 21.0. The normalized spacial score (nSPS) is 19.1. The molecule has 38 heavy (non-hydrogen) atoms. The number of carbonyl (C=O) groups excluding carboxylic acids is 1. The summed E-state index contributed by atoms with van der Waals surface area (Å²) in [5.74, 6) is 0.0939. The van der Waals surface area contributed by atoms with Gasteiger partial charge >= 0.3 is 5.97 Å². The van der Waals surface area contributed by atoms with Crippen LogP contribution in [-0.4, -0.2) is 41.1 Å². The van der Waals surface area contributed by atoms with E-state index in [1.807, 2.05) is 54.6 Å². The molecule has 0 saturated carbocycles. The molecule has 3 aromatic rings. The number of para-hydroxylation sites is 1. The van der Waals surface area contributed by atoms with Crippen LogP contribution in [0.4, 0.5) is 5.69 Å². The highest BCUT2D eigenvalue weighted by Crippen LogP contribution is 2.40. The van der Waals surface area contributed by atoms with Crippen molar-refractivity contribution in [2.24, 2.45) is 0 Å². The molecule has 1 aliphatic rings. The molecule has 0 spiro atoms. The minimum Gasteiger partial charge on any atom is -0.496 e. The zero-order chi connectivity index (χ0) is 26.9. The first-order chi connectivity index (χ1) is 18.4. The molecule has 0 aliphatic carbocycles. The van der Waals surface area contributed by atoms with Crippen LogP contribution in [-0.2, 0) is 25.7 Å². The molecular formula is C29H31NO7S. The minimum absolute atomic E-state index is 0.0271. The Morgan fingerprint density at radius 3 is 2.53 bits per heavy atom. The van der Waals surface area contributed by atoms with Crippen molar-refractivity contribution in [3.63, 3.8) is 0 Å². The van der Waals surface area contributed by atoms with Crippen molar-refractivity contribution < 1.29 is 34.0 Å². The van der Waals surface area contributed by atoms with E-state index in [9.17, 15) is 14.7 Å². The first-order valence-corrected chi connectivity index (χ1v) is 13.3. The number of thioether (sulfide) groups is 1. The second kappa shape index (κ2) is 13.4. The van der Waals surface area contributed by atoms with E-state index in [2.05, 4.69) is 5.32 Å². The number of carbonyl (C=O) groups is 2. The second-order valence-electron chi connectivity index (χ2n) is 8.88. The Kier molecular flexibility index (Phi) is 9.78. The molecule has 0 unspecified atom stereocenters. The smallest absolute Gasteiger partial charge is 0.303 e. The number of aliphatic hydroxyl groups excluding tert-OH is 1. The molecule has 1 aliphatic heterocycles. The van der Waals surface area contributed by atoms with Crippen molar-refractivity contribution >= 4 is 29.3 Å². The van der Waals surface area contributed by atoms with Crippen LogP contribution in [0.5, 0.6) is 5.75 Å². The number of hydrogen-bond donors (Lipinski definition) is 3. The van der Waals surface area contributed by atoms with Gasteiger partial charge in [-0.15, -0.1) is 11.8 Å². The number of carboxylic acid groups (broad SMARTS) is 1. The standard InChI is InChI=1S/C29H31NO7S/c1-35-24-7-2-3-8-26(24)38-18-23-16-25(20-11-9-19(17-31)10-12-20)37-29(36-23)21-5-4-6-22(15-21)30-27(32)13-14-28(33)34/h2-12,15,23,25,29,31H,13-14,16-18H2,1H3,(H,30,32)(H,33,34)/t23-,25+,29+/m0/s1. The molecule has 3 aromatic carbocycles. The number of ether oxygens (including phenoxy) is 3. The molecule has 1 fully saturated rings. The maximum absolute atomic E-state index is 12.2. The molecule has 1 saturated heterocycles. The van der Waals surface area contributed by atoms with Gasteiger partial charge in [0.15, 0.2) is 6.29 Å². The summed E-state index contributed by atoms with van der Waals surface area (Å²) in [7, 11) is 1.65. The predicted molar refractivity (Wildman–Crippen MR) is 144 cm³/mol. The lowest BCUT2D eigenvalue weighted by Crippen LogP contribution is -2.31. The van der Waals surface area contributed by atoms with Crippen LogP contribution in [0, 0.1) is 0 Å². The summed E-state index contributed by atoms with van der Waals surface area (Å²) in [5.41, 5.74) is 3.09. The molecule has 4 rings (SSSR count). The molecule has 200 valence electrons. The summed E-state index contributed by atoms with van der Waals surface area (Å²) in [6.07, 6.45) is -0.751. The fourth-order valence-corrected chi connectivity index (χ4v) is 5.20. The molecule has 0 bridgehead atoms. The Morgan fingerprint density at radius 1 is 1.00 bits per heavy atom. The van der Waals surface area contributed by atoms with Crippen molar-refractivity contribution in [3.8, 4) is 5.75 Å². The third kappa shape index (κ3) is 7.58. The number of carboxylic acids is 1. The van der Waals surface area contributed by atoms with Crippen LogP contribution in [0.1, 0.15) is 48.3 Å². The van der Waals surface area contributed by atoms with Crippen molar-refractivity contribution in [2.45, 2.75) is 49.3 Å². The third-order valence-corrected chi connectivity index (χ3v) is 7.30. The van der Waals surface area contributed by atoms with Crippen LogP contribution in [0.3, 0.4) is 0 Å². The van der Waals surface area contributed by atoms with Gasteiger partial charge in [0, 0.05) is 34.7 Å². The first kappa shape index (κ1) is 27.7. The number of anilines is 1. The van der Waals surface area contributed by atoms with Gasteiger partial charge in [-0.3, -0.25) is 9.59 Å². The zero-order valence-corrected chi connectivity index (χ0v) is 21.9. The Labute approximate surface area is 225 Å². The largest absolute Gasteiger partial charge is 0.496 e. The van der Waals surface area contributed by atoms with E-state index in [4.69, 9.17) is 19.3 Å². The molecule has 0 aromatic heterocycles. The summed E-state index contributed by atoms with van der Waals surface area (Å²) < 4.78 is 18.3. The zero-order valence-electron chi connectivity index (χ0n) is 21.0. The van der Waals surface area contributed by atoms with Crippen LogP contribution < -0.4 is 10.1 Å². The number of benzene rings is 3. The van der Waals surface area contributed by atoms with Gasteiger partial charge < -0.3 is 29.7 Å². The fourth-order valence-electron chi connectivity index (χ4n) is 4.15. The van der Waals surface area contributed by atoms with E-state index in [-0.39, 0.29) is 37.6 Å². The second-order valence-corrected chi connectivity index (χ2v) is 9.94. The number of aliphatic carboxylic acids is 1. The predicted octanol–water partition coefficient (Wildman–Crippen LogP) is 5.33. The van der Waals surface area contributed by atoms with Crippen molar-refractivity contribution in [2.75, 3.05) is 18.2 Å². The Hall–Kier alpha value is -3.37. The highest BCUT2D eigenvalue weighted by atomic mass is 32.2. The summed E-state index contributed by atoms with van der Waals surface area (Å²) in [6, 6.07) is 22.7. The number of methoxy groups -OCH3 is 1. The quantitative estimate of drug-likeness (QED) is 0.281. The average Bonchev–Trinajstić information content (AvgIpc) is 2.95. The van der Waals surface area contributed by atoms with Crippen LogP contribution in [0.25, 0.3) is 0 Å². The number of hydrogen-bond acceptors (Lipinski definition) is 7. The lowest BCUT2D eigenvalue weighted by molar-refractivity contribution is -0.245. The average molecular weight is 538 g/mol. The monoisotopic (exact) mass is 537 g/mol. The van der Waals surface area contributed by atoms with Crippen molar-refractivity contribution in [1.29, 1.82) is 0 Å². The third-order valence-electron chi connectivity index (χ3n) is 6.12. The van der Waals surface area contributed by atoms with Gasteiger partial charge in [0.25, 0.3) is 0 Å². The van der Waals surface area contributed by atoms with E-state index in [0.717, 1.165) is 27.3 Å².